The summed E-state index contributed by atoms with van der Waals surface area (Å²) in [5.74, 6) is 1.06. The number of hydrogen-bond donors (Lipinski definition) is 0. The summed E-state index contributed by atoms with van der Waals surface area (Å²) in [6.07, 6.45) is 9.94. The molecule has 134 valence electrons. The van der Waals surface area contributed by atoms with Gasteiger partial charge in [-0.3, -0.25) is 0 Å². The first-order chi connectivity index (χ1) is 11.4. The molecule has 0 bridgehead atoms. The van der Waals surface area contributed by atoms with E-state index in [1.165, 1.54) is 31.3 Å². The number of methoxy groups -OCH3 is 1. The lowest BCUT2D eigenvalue weighted by Gasteiger charge is -2.58. The van der Waals surface area contributed by atoms with Gasteiger partial charge in [0, 0.05) is 12.7 Å². The van der Waals surface area contributed by atoms with Gasteiger partial charge in [-0.05, 0) is 67.3 Å². The predicted molar refractivity (Wildman–Crippen MR) is 95.6 cm³/mol. The second-order valence-electron chi connectivity index (χ2n) is 8.62. The van der Waals surface area contributed by atoms with E-state index in [1.54, 1.807) is 0 Å². The maximum atomic E-state index is 11.7. The van der Waals surface area contributed by atoms with E-state index in [0.29, 0.717) is 18.4 Å². The molecule has 2 aliphatic carbocycles. The number of rotatable bonds is 5. The summed E-state index contributed by atoms with van der Waals surface area (Å²) in [6, 6.07) is 0. The van der Waals surface area contributed by atoms with Crippen LogP contribution in [0.5, 0.6) is 0 Å². The molecule has 0 spiro atoms. The minimum Gasteiger partial charge on any atom is -0.458 e. The van der Waals surface area contributed by atoms with Crippen LogP contribution in [0, 0.1) is 22.7 Å². The van der Waals surface area contributed by atoms with Crippen LogP contribution in [0.15, 0.2) is 23.8 Å². The summed E-state index contributed by atoms with van der Waals surface area (Å²) in [4.78, 5) is 11.7. The van der Waals surface area contributed by atoms with Crippen LogP contribution in [0.1, 0.15) is 58.8 Å². The summed E-state index contributed by atoms with van der Waals surface area (Å²) < 4.78 is 10.7. The van der Waals surface area contributed by atoms with Crippen LogP contribution in [0.2, 0.25) is 0 Å². The van der Waals surface area contributed by atoms with Gasteiger partial charge < -0.3 is 9.47 Å². The Morgan fingerprint density at radius 2 is 2.17 bits per heavy atom. The molecule has 1 unspecified atom stereocenters. The predicted octanol–water partition coefficient (Wildman–Crippen LogP) is 4.68. The van der Waals surface area contributed by atoms with Gasteiger partial charge in [-0.15, -0.1) is 0 Å². The quantitative estimate of drug-likeness (QED) is 0.542. The summed E-state index contributed by atoms with van der Waals surface area (Å²) in [5.41, 5.74) is 2.81. The molecular weight excluding hydrogens is 300 g/mol. The topological polar surface area (TPSA) is 35.5 Å². The summed E-state index contributed by atoms with van der Waals surface area (Å²) in [5, 5.41) is 0. The summed E-state index contributed by atoms with van der Waals surface area (Å²) in [7, 11) is 1.83. The number of hydrogen-bond acceptors (Lipinski definition) is 3. The molecule has 3 rings (SSSR count). The third-order valence-corrected chi connectivity index (χ3v) is 7.13. The molecule has 0 amide bonds. The first-order valence-corrected chi connectivity index (χ1v) is 9.43. The fourth-order valence-corrected chi connectivity index (χ4v) is 6.02. The molecule has 0 aromatic heterocycles. The molecule has 1 heterocycles. The van der Waals surface area contributed by atoms with Crippen molar-refractivity contribution in [2.24, 2.45) is 22.7 Å². The highest BCUT2D eigenvalue weighted by molar-refractivity contribution is 5.90. The Kier molecular flexibility index (Phi) is 4.92. The van der Waals surface area contributed by atoms with Crippen LogP contribution in [-0.4, -0.2) is 26.3 Å². The third kappa shape index (κ3) is 2.96. The van der Waals surface area contributed by atoms with E-state index in [0.717, 1.165) is 31.4 Å². The van der Waals surface area contributed by atoms with Crippen LogP contribution in [0.4, 0.5) is 0 Å². The van der Waals surface area contributed by atoms with Gasteiger partial charge in [0.05, 0.1) is 6.61 Å². The second-order valence-corrected chi connectivity index (χ2v) is 8.62. The van der Waals surface area contributed by atoms with Crippen molar-refractivity contribution in [3.8, 4) is 0 Å². The Labute approximate surface area is 146 Å². The highest BCUT2D eigenvalue weighted by atomic mass is 16.5. The third-order valence-electron chi connectivity index (χ3n) is 7.13. The minimum atomic E-state index is -0.119. The highest BCUT2D eigenvalue weighted by Gasteiger charge is 2.54. The largest absolute Gasteiger partial charge is 0.458 e. The maximum Gasteiger partial charge on any atom is 0.334 e. The molecule has 2 fully saturated rings. The number of allylic oxidation sites excluding steroid dienone is 1. The van der Waals surface area contributed by atoms with Crippen molar-refractivity contribution in [1.82, 2.24) is 0 Å². The van der Waals surface area contributed by atoms with Gasteiger partial charge in [-0.25, -0.2) is 4.79 Å². The molecule has 24 heavy (non-hydrogen) atoms. The van der Waals surface area contributed by atoms with Crippen LogP contribution in [0.3, 0.4) is 0 Å². The molecule has 3 heteroatoms. The minimum absolute atomic E-state index is 0.119. The monoisotopic (exact) mass is 332 g/mol. The van der Waals surface area contributed by atoms with Crippen molar-refractivity contribution in [1.29, 1.82) is 0 Å². The molecule has 0 aromatic rings. The van der Waals surface area contributed by atoms with Crippen LogP contribution < -0.4 is 0 Å². The lowest BCUT2D eigenvalue weighted by molar-refractivity contribution is -0.136. The van der Waals surface area contributed by atoms with Crippen LogP contribution in [-0.2, 0) is 14.3 Å². The molecular formula is C21H32O3. The molecule has 1 aliphatic heterocycles. The number of cyclic esters (lactones) is 1. The zero-order chi connectivity index (χ0) is 17.4. The SMILES string of the molecule is C=C1CCC2[C@@](C)(COC)CCC[C@]2(C)[C@H]1CCC1=CCOC1=O. The number of fused-ring (bicyclic) bond motifs is 1. The average Bonchev–Trinajstić information content (AvgIpc) is 2.92. The van der Waals surface area contributed by atoms with E-state index in [9.17, 15) is 4.79 Å². The van der Waals surface area contributed by atoms with Crippen LogP contribution in [0.25, 0.3) is 0 Å². The van der Waals surface area contributed by atoms with Gasteiger partial charge in [-0.2, -0.15) is 0 Å². The fraction of sp³-hybridized carbons (Fsp3) is 0.762. The number of carbonyl (C=O) groups excluding carboxylic acids is 1. The van der Waals surface area contributed by atoms with Crippen molar-refractivity contribution in [2.45, 2.75) is 58.8 Å². The lowest BCUT2D eigenvalue weighted by atomic mass is 9.47. The normalized spacial score (nSPS) is 39.4. The molecule has 0 radical (unpaired) electrons. The molecule has 2 saturated carbocycles. The van der Waals surface area contributed by atoms with E-state index in [-0.39, 0.29) is 16.8 Å². The van der Waals surface area contributed by atoms with Crippen molar-refractivity contribution in [3.05, 3.63) is 23.8 Å². The molecule has 4 atom stereocenters. The van der Waals surface area contributed by atoms with Gasteiger partial charge in [0.25, 0.3) is 0 Å². The highest BCUT2D eigenvalue weighted by Crippen LogP contribution is 2.62. The fourth-order valence-electron chi connectivity index (χ4n) is 6.02. The summed E-state index contributed by atoms with van der Waals surface area (Å²) >= 11 is 0. The van der Waals surface area contributed by atoms with E-state index in [1.807, 2.05) is 13.2 Å². The maximum absolute atomic E-state index is 11.7. The lowest BCUT2D eigenvalue weighted by Crippen LogP contribution is -2.52. The Balaban J connectivity index is 1.79. The van der Waals surface area contributed by atoms with E-state index >= 15 is 0 Å². The van der Waals surface area contributed by atoms with Crippen molar-refractivity contribution in [3.63, 3.8) is 0 Å². The molecule has 0 N–H and O–H groups in total. The Morgan fingerprint density at radius 1 is 1.38 bits per heavy atom. The van der Waals surface area contributed by atoms with Gasteiger partial charge in [0.2, 0.25) is 0 Å². The number of ether oxygens (including phenoxy) is 2. The van der Waals surface area contributed by atoms with Gasteiger partial charge in [-0.1, -0.05) is 32.4 Å². The second kappa shape index (κ2) is 6.67. The zero-order valence-corrected chi connectivity index (χ0v) is 15.5. The van der Waals surface area contributed by atoms with Crippen molar-refractivity contribution in [2.75, 3.05) is 20.3 Å². The van der Waals surface area contributed by atoms with Gasteiger partial charge in [0.15, 0.2) is 0 Å². The molecule has 0 saturated heterocycles. The van der Waals surface area contributed by atoms with E-state index in [2.05, 4.69) is 20.4 Å². The van der Waals surface area contributed by atoms with Gasteiger partial charge >= 0.3 is 5.97 Å². The van der Waals surface area contributed by atoms with E-state index in [4.69, 9.17) is 9.47 Å². The Morgan fingerprint density at radius 3 is 2.83 bits per heavy atom. The zero-order valence-electron chi connectivity index (χ0n) is 15.5. The van der Waals surface area contributed by atoms with Gasteiger partial charge in [0.1, 0.15) is 6.61 Å². The van der Waals surface area contributed by atoms with E-state index < -0.39 is 0 Å². The van der Waals surface area contributed by atoms with Crippen molar-refractivity contribution >= 4 is 5.97 Å². The first-order valence-electron chi connectivity index (χ1n) is 9.43. The Hall–Kier alpha value is -1.09. The summed E-state index contributed by atoms with van der Waals surface area (Å²) in [6.45, 7) is 10.6. The van der Waals surface area contributed by atoms with Crippen LogP contribution >= 0.6 is 0 Å². The molecule has 3 aliphatic rings. The average molecular weight is 332 g/mol. The smallest absolute Gasteiger partial charge is 0.334 e. The molecule has 0 aromatic carbocycles. The number of carbonyl (C=O) groups is 1. The standard InChI is InChI=1S/C21H32O3/c1-15-6-9-18-20(2,14-23-4)11-5-12-21(18,3)17(15)8-7-16-10-13-24-19(16)22/h10,17-18H,1,5-9,11-14H2,2-4H3/t17-,18?,20+,21+/m0/s1. The first kappa shape index (κ1) is 17.7. The molecule has 3 nitrogen and oxygen atoms in total. The number of esters is 1. The van der Waals surface area contributed by atoms with Crippen molar-refractivity contribution < 1.29 is 14.3 Å². The Bertz CT molecular complexity index is 545.